The first-order valence-corrected chi connectivity index (χ1v) is 14.1. The van der Waals surface area contributed by atoms with Crippen LogP contribution in [0.25, 0.3) is 0 Å². The molecular weight excluding hydrogens is 520 g/mol. The molecule has 4 rings (SSSR count). The fraction of sp³-hybridized carbons (Fsp3) is 0.438. The van der Waals surface area contributed by atoms with Crippen molar-refractivity contribution in [3.63, 3.8) is 0 Å². The van der Waals surface area contributed by atoms with E-state index in [1.807, 2.05) is 69.3 Å². The number of benzene rings is 2. The largest absolute Gasteiger partial charge is 0.490 e. The molecule has 0 saturated carbocycles. The molecule has 2 N–H and O–H groups in total. The van der Waals surface area contributed by atoms with Gasteiger partial charge in [0.15, 0.2) is 17.3 Å². The van der Waals surface area contributed by atoms with E-state index in [4.69, 9.17) is 14.5 Å². The van der Waals surface area contributed by atoms with Crippen molar-refractivity contribution in [3.8, 4) is 11.5 Å². The minimum Gasteiger partial charge on any atom is -0.490 e. The average Bonchev–Trinajstić information content (AvgIpc) is 2.94. The predicted molar refractivity (Wildman–Crippen MR) is 159 cm³/mol. The number of aliphatic carboxylic acids is 1. The van der Waals surface area contributed by atoms with Gasteiger partial charge in [0.2, 0.25) is 5.91 Å². The Bertz CT molecular complexity index is 1360. The van der Waals surface area contributed by atoms with E-state index >= 15 is 0 Å². The van der Waals surface area contributed by atoms with Crippen molar-refractivity contribution in [2.24, 2.45) is 5.41 Å². The molecule has 1 aliphatic rings. The number of piperidine rings is 1. The summed E-state index contributed by atoms with van der Waals surface area (Å²) in [5.41, 5.74) is -0.0598. The molecule has 1 aromatic heterocycles. The number of hydrogen-bond donors (Lipinski definition) is 2. The van der Waals surface area contributed by atoms with Crippen molar-refractivity contribution in [1.82, 2.24) is 9.97 Å². The van der Waals surface area contributed by atoms with Crippen molar-refractivity contribution in [1.29, 1.82) is 0 Å². The Morgan fingerprint density at radius 3 is 2.44 bits per heavy atom. The van der Waals surface area contributed by atoms with Gasteiger partial charge in [0.1, 0.15) is 11.9 Å². The summed E-state index contributed by atoms with van der Waals surface area (Å²) in [7, 11) is 0. The predicted octanol–water partition coefficient (Wildman–Crippen LogP) is 5.49. The second-order valence-electron chi connectivity index (χ2n) is 11.6. The maximum absolute atomic E-state index is 13.3. The molecular formula is C32H40N4O5. The number of amides is 1. The first-order valence-electron chi connectivity index (χ1n) is 14.1. The molecule has 1 fully saturated rings. The zero-order chi connectivity index (χ0) is 29.6. The summed E-state index contributed by atoms with van der Waals surface area (Å²) >= 11 is 0. The number of carboxylic acid groups (broad SMARTS) is 1. The van der Waals surface area contributed by atoms with Crippen molar-refractivity contribution in [3.05, 3.63) is 72.1 Å². The van der Waals surface area contributed by atoms with Crippen LogP contribution < -0.4 is 19.7 Å². The molecule has 1 amide bonds. The third-order valence-electron chi connectivity index (χ3n) is 7.48. The Balaban J connectivity index is 1.39. The molecule has 3 aromatic rings. The second-order valence-corrected chi connectivity index (χ2v) is 11.6. The van der Waals surface area contributed by atoms with Gasteiger partial charge in [0, 0.05) is 12.0 Å². The summed E-state index contributed by atoms with van der Waals surface area (Å²) < 4.78 is 12.0. The third-order valence-corrected chi connectivity index (χ3v) is 7.48. The fourth-order valence-electron chi connectivity index (χ4n) is 4.85. The van der Waals surface area contributed by atoms with Gasteiger partial charge >= 0.3 is 5.97 Å². The van der Waals surface area contributed by atoms with E-state index < -0.39 is 16.8 Å². The Kier molecular flexibility index (Phi) is 9.15. The van der Waals surface area contributed by atoms with E-state index in [0.29, 0.717) is 36.8 Å². The molecule has 9 heteroatoms. The number of carbonyl (C=O) groups is 2. The van der Waals surface area contributed by atoms with Gasteiger partial charge in [0.05, 0.1) is 31.0 Å². The van der Waals surface area contributed by atoms with Gasteiger partial charge in [-0.05, 0) is 63.3 Å². The lowest BCUT2D eigenvalue weighted by Crippen LogP contribution is -2.41. The molecule has 9 nitrogen and oxygen atoms in total. The zero-order valence-electron chi connectivity index (χ0n) is 24.5. The number of para-hydroxylation sites is 2. The molecule has 0 bridgehead atoms. The first kappa shape index (κ1) is 29.8. The van der Waals surface area contributed by atoms with E-state index in [0.717, 1.165) is 36.4 Å². The normalized spacial score (nSPS) is 15.7. The van der Waals surface area contributed by atoms with Crippen LogP contribution in [0, 0.1) is 5.41 Å². The van der Waals surface area contributed by atoms with E-state index in [-0.39, 0.29) is 12.0 Å². The number of rotatable bonds is 11. The molecule has 218 valence electrons. The van der Waals surface area contributed by atoms with Crippen LogP contribution >= 0.6 is 0 Å². The van der Waals surface area contributed by atoms with E-state index in [1.54, 1.807) is 26.2 Å². The first-order chi connectivity index (χ1) is 19.5. The molecule has 0 spiro atoms. The molecule has 1 saturated heterocycles. The number of nitrogens with zero attached hydrogens (tertiary/aromatic N) is 3. The average molecular weight is 561 g/mol. The van der Waals surface area contributed by atoms with Crippen LogP contribution in [0.1, 0.15) is 58.6 Å². The smallest absolute Gasteiger partial charge is 0.313 e. The Morgan fingerprint density at radius 1 is 1.05 bits per heavy atom. The molecule has 1 atom stereocenters. The third kappa shape index (κ3) is 7.34. The molecule has 0 aliphatic carbocycles. The maximum Gasteiger partial charge on any atom is 0.313 e. The Hall–Kier alpha value is -4.14. The van der Waals surface area contributed by atoms with Gasteiger partial charge in [-0.1, -0.05) is 50.2 Å². The van der Waals surface area contributed by atoms with Gasteiger partial charge in [-0.25, -0.2) is 4.98 Å². The number of anilines is 2. The van der Waals surface area contributed by atoms with Gasteiger partial charge in [-0.15, -0.1) is 0 Å². The van der Waals surface area contributed by atoms with Crippen molar-refractivity contribution in [2.75, 3.05) is 29.9 Å². The summed E-state index contributed by atoms with van der Waals surface area (Å²) in [6.07, 6.45) is 5.57. The number of ether oxygens (including phenoxy) is 2. The van der Waals surface area contributed by atoms with Crippen molar-refractivity contribution < 1.29 is 24.2 Å². The highest BCUT2D eigenvalue weighted by Gasteiger charge is 2.31. The number of nitrogens with one attached hydrogen (secondary N) is 1. The summed E-state index contributed by atoms with van der Waals surface area (Å²) in [6.45, 7) is 11.1. The SMILES string of the molecule is CCOc1ccccc1OC1CCCN(c2cncc(NC(=O)C(C)(C)Cc3ccc(C(C)(C)C(=O)O)cc3)n2)C1. The molecule has 1 aliphatic heterocycles. The molecule has 1 unspecified atom stereocenters. The standard InChI is InChI=1S/C32H40N4O5/c1-6-40-25-11-7-8-12-26(25)41-24-10-9-17-36(21-24)28-20-33-19-27(34-28)35-29(37)31(2,3)18-22-13-15-23(16-14-22)32(4,5)30(38)39/h7-8,11-16,19-20,24H,6,9-10,17-18,21H2,1-5H3,(H,38,39)(H,34,35,37). The van der Waals surface area contributed by atoms with Gasteiger partial charge in [-0.2, -0.15) is 0 Å². The highest BCUT2D eigenvalue weighted by molar-refractivity contribution is 5.94. The van der Waals surface area contributed by atoms with Crippen LogP contribution in [0.4, 0.5) is 11.6 Å². The highest BCUT2D eigenvalue weighted by Crippen LogP contribution is 2.31. The van der Waals surface area contributed by atoms with Gasteiger partial charge < -0.3 is 24.8 Å². The van der Waals surface area contributed by atoms with Gasteiger partial charge in [-0.3, -0.25) is 14.6 Å². The summed E-state index contributed by atoms with van der Waals surface area (Å²) in [5.74, 6) is 1.49. The summed E-state index contributed by atoms with van der Waals surface area (Å²) in [6, 6.07) is 15.1. The quantitative estimate of drug-likeness (QED) is 0.316. The molecule has 41 heavy (non-hydrogen) atoms. The minimum absolute atomic E-state index is 0.0307. The minimum atomic E-state index is -0.983. The number of carbonyl (C=O) groups excluding carboxylic acids is 1. The van der Waals surface area contributed by atoms with Crippen LogP contribution in [-0.4, -0.2) is 52.8 Å². The summed E-state index contributed by atoms with van der Waals surface area (Å²) in [5, 5.41) is 12.4. The highest BCUT2D eigenvalue weighted by atomic mass is 16.5. The van der Waals surface area contributed by atoms with Crippen LogP contribution in [-0.2, 0) is 21.4 Å². The zero-order valence-corrected chi connectivity index (χ0v) is 24.5. The molecule has 2 aromatic carbocycles. The van der Waals surface area contributed by atoms with Crippen LogP contribution in [0.5, 0.6) is 11.5 Å². The van der Waals surface area contributed by atoms with E-state index in [2.05, 4.69) is 15.2 Å². The monoisotopic (exact) mass is 560 g/mol. The summed E-state index contributed by atoms with van der Waals surface area (Å²) in [4.78, 5) is 36.0. The lowest BCUT2D eigenvalue weighted by atomic mass is 9.81. The lowest BCUT2D eigenvalue weighted by molar-refractivity contribution is -0.142. The van der Waals surface area contributed by atoms with E-state index in [9.17, 15) is 14.7 Å². The van der Waals surface area contributed by atoms with Crippen molar-refractivity contribution in [2.45, 2.75) is 65.4 Å². The Labute approximate surface area is 241 Å². The fourth-order valence-corrected chi connectivity index (χ4v) is 4.85. The van der Waals surface area contributed by atoms with Crippen LogP contribution in [0.2, 0.25) is 0 Å². The molecule has 2 heterocycles. The maximum atomic E-state index is 13.3. The van der Waals surface area contributed by atoms with Crippen LogP contribution in [0.15, 0.2) is 60.9 Å². The van der Waals surface area contributed by atoms with E-state index in [1.165, 1.54) is 0 Å². The molecule has 0 radical (unpaired) electrons. The number of hydrogen-bond acceptors (Lipinski definition) is 7. The Morgan fingerprint density at radius 2 is 1.76 bits per heavy atom. The second kappa shape index (κ2) is 12.6. The van der Waals surface area contributed by atoms with Gasteiger partial charge in [0.25, 0.3) is 0 Å². The number of carboxylic acids is 1. The van der Waals surface area contributed by atoms with Crippen LogP contribution in [0.3, 0.4) is 0 Å². The lowest BCUT2D eigenvalue weighted by Gasteiger charge is -2.34. The number of aromatic nitrogens is 2. The topological polar surface area (TPSA) is 114 Å². The van der Waals surface area contributed by atoms with Crippen molar-refractivity contribution >= 4 is 23.5 Å².